The molecule has 2 aromatic carbocycles. The van der Waals surface area contributed by atoms with E-state index in [9.17, 15) is 9.90 Å². The molecule has 4 bridgehead atoms. The van der Waals surface area contributed by atoms with Gasteiger partial charge in [-0.05, 0) is 38.4 Å². The number of methoxy groups -OCH3 is 2. The molecule has 2 unspecified atom stereocenters. The first-order chi connectivity index (χ1) is 21.2. The predicted octanol–water partition coefficient (Wildman–Crippen LogP) is 4.28. The molecule has 0 amide bonds. The van der Waals surface area contributed by atoms with E-state index in [2.05, 4.69) is 27.8 Å². The number of hydrogen-bond acceptors (Lipinski definition) is 11. The molecule has 11 nitrogen and oxygen atoms in total. The minimum Gasteiger partial charge on any atom is -0.507 e. The summed E-state index contributed by atoms with van der Waals surface area (Å²) in [5, 5.41) is 11.6. The fourth-order valence-electron chi connectivity index (χ4n) is 8.00. The van der Waals surface area contributed by atoms with E-state index >= 15 is 0 Å². The van der Waals surface area contributed by atoms with Crippen molar-refractivity contribution in [2.24, 2.45) is 5.92 Å². The SMILES string of the molecule is [Ac].[C-]#[N+][C@H]1[C@@H]2Cc3cc(C)c(OC)c(OCOC)c3[C@H](C3[C@@H]4SCC(C)C(=O)OC[C@H](c5c6c(c(C)c(O)c54)OCO6)N31)N2C. The molecule has 0 saturated carbocycles. The van der Waals surface area contributed by atoms with Crippen molar-refractivity contribution >= 4 is 17.7 Å². The molecule has 0 spiro atoms. The number of nitrogens with zero attached hydrogens (tertiary/aromatic N) is 3. The van der Waals surface area contributed by atoms with Crippen molar-refractivity contribution in [1.29, 1.82) is 0 Å². The quantitative estimate of drug-likeness (QED) is 0.271. The Bertz CT molecular complexity index is 1580. The van der Waals surface area contributed by atoms with E-state index in [1.807, 2.05) is 20.8 Å². The van der Waals surface area contributed by atoms with Crippen LogP contribution in [0, 0.1) is 70.4 Å². The maximum absolute atomic E-state index is 13.1. The molecule has 7 rings (SSSR count). The Morgan fingerprint density at radius 3 is 2.60 bits per heavy atom. The van der Waals surface area contributed by atoms with Crippen LogP contribution in [0.25, 0.3) is 4.85 Å². The number of benzene rings is 2. The Kier molecular flexibility index (Phi) is 9.23. The largest absolute Gasteiger partial charge is 0.507 e. The van der Waals surface area contributed by atoms with Crippen LogP contribution >= 0.6 is 11.8 Å². The maximum Gasteiger partial charge on any atom is 0.309 e. The Labute approximate surface area is 303 Å². The van der Waals surface area contributed by atoms with Crippen LogP contribution in [-0.4, -0.2) is 86.3 Å². The fourth-order valence-corrected chi connectivity index (χ4v) is 9.52. The van der Waals surface area contributed by atoms with Crippen LogP contribution in [0.4, 0.5) is 0 Å². The standard InChI is InChI=1S/C32H37N3O8S.Ac/c1-14-8-17-9-18-31(33-4)35-19-10-40-32(37)15(2)11-44-30(22-21(19)29-27(42-13-43-29)16(3)25(22)36)24(35)23(34(18)5)20(17)28(26(14)39-7)41-12-38-6;/h8,15,18-19,23-24,30-31,36H,9-13H2,1-3,5-7H3;/t15?,18-,19+,23+,24?,30+,31+;/m0./s1. The molecule has 5 heterocycles. The monoisotopic (exact) mass is 850 g/mol. The zero-order valence-corrected chi connectivity index (χ0v) is 31.8. The molecule has 2 fully saturated rings. The van der Waals surface area contributed by atoms with Crippen LogP contribution in [0.3, 0.4) is 0 Å². The van der Waals surface area contributed by atoms with Gasteiger partial charge in [-0.15, -0.1) is 0 Å². The number of aromatic hydroxyl groups is 1. The number of esters is 1. The summed E-state index contributed by atoms with van der Waals surface area (Å²) in [6.45, 7) is 14.3. The summed E-state index contributed by atoms with van der Waals surface area (Å²) >= 11 is 1.61. The van der Waals surface area contributed by atoms with Crippen LogP contribution in [0.1, 0.15) is 57.6 Å². The number of aryl methyl sites for hydroxylation is 1. The predicted molar refractivity (Wildman–Crippen MR) is 161 cm³/mol. The van der Waals surface area contributed by atoms with Gasteiger partial charge in [0.05, 0.1) is 36.4 Å². The first-order valence-electron chi connectivity index (χ1n) is 14.8. The van der Waals surface area contributed by atoms with E-state index in [1.54, 1.807) is 26.0 Å². The number of phenolic OH excluding ortho intramolecular Hbond substituents is 1. The summed E-state index contributed by atoms with van der Waals surface area (Å²) in [5.74, 6) is 2.35. The number of fused-ring (bicyclic) bond motifs is 9. The first-order valence-corrected chi connectivity index (χ1v) is 15.9. The zero-order valence-electron chi connectivity index (χ0n) is 26.3. The molecule has 0 aliphatic carbocycles. The summed E-state index contributed by atoms with van der Waals surface area (Å²) in [7, 11) is 5.31. The summed E-state index contributed by atoms with van der Waals surface area (Å²) in [6, 6.07) is 0.912. The summed E-state index contributed by atoms with van der Waals surface area (Å²) in [4.78, 5) is 21.9. The first kappa shape index (κ1) is 33.0. The third-order valence-electron chi connectivity index (χ3n) is 9.91. The van der Waals surface area contributed by atoms with Crippen LogP contribution < -0.4 is 18.9 Å². The summed E-state index contributed by atoms with van der Waals surface area (Å²) in [6.07, 6.45) is 0.0658. The van der Waals surface area contributed by atoms with Crippen LogP contribution in [0.5, 0.6) is 28.7 Å². The Hall–Kier alpha value is -1.93. The number of carbonyl (C=O) groups is 1. The molecule has 1 radical (unpaired) electrons. The number of piperazine rings is 1. The van der Waals surface area contributed by atoms with Crippen LogP contribution in [0.15, 0.2) is 6.07 Å². The Morgan fingerprint density at radius 2 is 1.89 bits per heavy atom. The molecule has 1 N–H and O–H groups in total. The van der Waals surface area contributed by atoms with Crippen molar-refractivity contribution in [1.82, 2.24) is 9.80 Å². The van der Waals surface area contributed by atoms with E-state index in [1.165, 1.54) is 0 Å². The van der Waals surface area contributed by atoms with Gasteiger partial charge in [0.25, 0.3) is 6.17 Å². The molecule has 13 heteroatoms. The maximum atomic E-state index is 13.1. The number of cyclic esters (lactones) is 1. The van der Waals surface area contributed by atoms with Gasteiger partial charge < -0.3 is 33.5 Å². The minimum absolute atomic E-state index is 0. The zero-order chi connectivity index (χ0) is 31.0. The molecule has 237 valence electrons. The van der Waals surface area contributed by atoms with E-state index in [4.69, 9.17) is 35.0 Å². The topological polar surface area (TPSA) is 104 Å². The molecule has 5 aliphatic rings. The van der Waals surface area contributed by atoms with E-state index in [-0.39, 0.29) is 105 Å². The number of ether oxygens (including phenoxy) is 6. The molecule has 45 heavy (non-hydrogen) atoms. The minimum atomic E-state index is -0.557. The summed E-state index contributed by atoms with van der Waals surface area (Å²) in [5.41, 5.74) is 5.17. The van der Waals surface area contributed by atoms with Gasteiger partial charge in [-0.2, -0.15) is 11.8 Å². The molecule has 7 atom stereocenters. The van der Waals surface area contributed by atoms with Gasteiger partial charge in [0, 0.05) is 79.2 Å². The number of hydrogen-bond donors (Lipinski definition) is 1. The average Bonchev–Trinajstić information content (AvgIpc) is 3.50. The van der Waals surface area contributed by atoms with Crippen molar-refractivity contribution in [2.45, 2.75) is 62.8 Å². The van der Waals surface area contributed by atoms with E-state index in [0.717, 1.165) is 27.8 Å². The van der Waals surface area contributed by atoms with Gasteiger partial charge in [-0.25, -0.2) is 11.5 Å². The third kappa shape index (κ3) is 4.85. The summed E-state index contributed by atoms with van der Waals surface area (Å²) < 4.78 is 35.5. The molecule has 2 aromatic rings. The fraction of sp³-hybridized carbons (Fsp3) is 0.562. The van der Waals surface area contributed by atoms with Crippen molar-refractivity contribution in [2.75, 3.05) is 47.2 Å². The van der Waals surface area contributed by atoms with Crippen LogP contribution in [-0.2, 0) is 20.7 Å². The van der Waals surface area contributed by atoms with Gasteiger partial charge in [-0.1, -0.05) is 13.0 Å². The van der Waals surface area contributed by atoms with E-state index in [0.29, 0.717) is 40.7 Å². The Balaban J connectivity index is 0.00000357. The number of carbonyl (C=O) groups excluding carboxylic acids is 1. The van der Waals surface area contributed by atoms with Gasteiger partial charge in [0.2, 0.25) is 6.79 Å². The average molecular weight is 851 g/mol. The second kappa shape index (κ2) is 12.6. The molecule has 0 aromatic heterocycles. The third-order valence-corrected chi connectivity index (χ3v) is 11.5. The molecule has 5 aliphatic heterocycles. The van der Waals surface area contributed by atoms with Crippen molar-refractivity contribution in [3.8, 4) is 28.7 Å². The smallest absolute Gasteiger partial charge is 0.309 e. The second-order valence-corrected chi connectivity index (χ2v) is 13.4. The van der Waals surface area contributed by atoms with Crippen molar-refractivity contribution in [3.63, 3.8) is 0 Å². The van der Waals surface area contributed by atoms with Crippen molar-refractivity contribution < 1.29 is 82.4 Å². The van der Waals surface area contributed by atoms with Gasteiger partial charge in [0.1, 0.15) is 18.4 Å². The molecular formula is C32H37AcN3O8S. The Morgan fingerprint density at radius 1 is 1.13 bits per heavy atom. The number of phenols is 1. The number of thioether (sulfide) groups is 1. The molecular weight excluding hydrogens is 813 g/mol. The van der Waals surface area contributed by atoms with E-state index < -0.39 is 12.2 Å². The molecule has 2 saturated heterocycles. The normalized spacial score (nSPS) is 29.8. The van der Waals surface area contributed by atoms with Gasteiger partial charge in [0.15, 0.2) is 29.8 Å². The number of rotatable bonds is 4. The number of likely N-dealkylation sites (N-methyl/N-ethyl adjacent to an activating group) is 1. The van der Waals surface area contributed by atoms with Crippen molar-refractivity contribution in [3.05, 3.63) is 50.9 Å². The second-order valence-electron chi connectivity index (χ2n) is 12.2. The van der Waals surface area contributed by atoms with Gasteiger partial charge >= 0.3 is 5.97 Å². The van der Waals surface area contributed by atoms with Gasteiger partial charge in [-0.3, -0.25) is 14.5 Å². The van der Waals surface area contributed by atoms with Crippen LogP contribution in [0.2, 0.25) is 0 Å².